The summed E-state index contributed by atoms with van der Waals surface area (Å²) in [4.78, 5) is 39.1. The van der Waals surface area contributed by atoms with Crippen molar-refractivity contribution in [2.75, 3.05) is 31.1 Å². The van der Waals surface area contributed by atoms with Gasteiger partial charge in [0.05, 0.1) is 0 Å². The van der Waals surface area contributed by atoms with Crippen LogP contribution in [0.25, 0.3) is 11.5 Å². The van der Waals surface area contributed by atoms with Crippen molar-refractivity contribution in [3.63, 3.8) is 0 Å². The van der Waals surface area contributed by atoms with Gasteiger partial charge in [0.1, 0.15) is 18.1 Å². The van der Waals surface area contributed by atoms with Gasteiger partial charge in [0.2, 0.25) is 5.91 Å². The Morgan fingerprint density at radius 2 is 2.04 bits per heavy atom. The Balaban J connectivity index is 1.66. The fraction of sp³-hybridized carbons (Fsp3) is 0.421. The lowest BCUT2D eigenvalue weighted by Gasteiger charge is -2.34. The third-order valence-electron chi connectivity index (χ3n) is 4.77. The van der Waals surface area contributed by atoms with Gasteiger partial charge >= 0.3 is 6.09 Å². The average molecular weight is 384 g/mol. The number of anilines is 1. The van der Waals surface area contributed by atoms with Crippen LogP contribution in [-0.4, -0.2) is 63.1 Å². The first-order chi connectivity index (χ1) is 13.4. The van der Waals surface area contributed by atoms with Crippen molar-refractivity contribution in [1.82, 2.24) is 19.9 Å². The highest BCUT2D eigenvalue weighted by Crippen LogP contribution is 2.25. The molecule has 0 spiro atoms. The first kappa shape index (κ1) is 19.5. The van der Waals surface area contributed by atoms with E-state index in [1.807, 2.05) is 31.2 Å². The van der Waals surface area contributed by atoms with Crippen LogP contribution < -0.4 is 10.6 Å². The topological polar surface area (TPSA) is 126 Å². The number of rotatable bonds is 6. The van der Waals surface area contributed by atoms with Crippen LogP contribution in [0.5, 0.6) is 0 Å². The molecule has 0 aliphatic carbocycles. The number of carboxylic acid groups (broad SMARTS) is 1. The number of pyridine rings is 1. The Morgan fingerprint density at radius 3 is 2.64 bits per heavy atom. The van der Waals surface area contributed by atoms with Gasteiger partial charge in [0.25, 0.3) is 0 Å². The van der Waals surface area contributed by atoms with E-state index >= 15 is 0 Å². The van der Waals surface area contributed by atoms with E-state index in [-0.39, 0.29) is 12.5 Å². The van der Waals surface area contributed by atoms with Crippen LogP contribution in [0.15, 0.2) is 30.5 Å². The molecule has 0 bridgehead atoms. The van der Waals surface area contributed by atoms with Crippen molar-refractivity contribution in [2.45, 2.75) is 19.8 Å². The van der Waals surface area contributed by atoms with Crippen molar-refractivity contribution in [3.8, 4) is 11.5 Å². The summed E-state index contributed by atoms with van der Waals surface area (Å²) in [6.45, 7) is 3.49. The Morgan fingerprint density at radius 1 is 1.29 bits per heavy atom. The fourth-order valence-corrected chi connectivity index (χ4v) is 3.38. The molecule has 148 valence electrons. The summed E-state index contributed by atoms with van der Waals surface area (Å²) in [6.07, 6.45) is 2.22. The molecule has 28 heavy (non-hydrogen) atoms. The van der Waals surface area contributed by atoms with E-state index < -0.39 is 12.0 Å². The zero-order valence-electron chi connectivity index (χ0n) is 15.8. The minimum atomic E-state index is -1.12. The van der Waals surface area contributed by atoms with Gasteiger partial charge in [0.15, 0.2) is 5.82 Å². The van der Waals surface area contributed by atoms with Gasteiger partial charge in [-0.15, -0.1) is 0 Å². The second kappa shape index (κ2) is 8.64. The molecule has 9 nitrogen and oxygen atoms in total. The van der Waals surface area contributed by atoms with E-state index in [4.69, 9.17) is 5.73 Å². The SMILES string of the molecule is Cc1cc(N2CCC(CN(CC(N)=O)C(=O)O)CC2)nc(-c2ccccn2)n1. The summed E-state index contributed by atoms with van der Waals surface area (Å²) >= 11 is 0. The highest BCUT2D eigenvalue weighted by Gasteiger charge is 2.25. The standard InChI is InChI=1S/C19H24N6O3/c1-13-10-17(23-18(22-13)15-4-2-3-7-21-15)24-8-5-14(6-9-24)11-25(19(27)28)12-16(20)26/h2-4,7,10,14H,5-6,8-9,11-12H2,1H3,(H2,20,26)(H,27,28). The van der Waals surface area contributed by atoms with Gasteiger partial charge in [-0.2, -0.15) is 0 Å². The molecule has 3 rings (SSSR count). The Kier molecular flexibility index (Phi) is 6.03. The number of nitrogens with zero attached hydrogens (tertiary/aromatic N) is 5. The molecule has 0 radical (unpaired) electrons. The quantitative estimate of drug-likeness (QED) is 0.773. The minimum Gasteiger partial charge on any atom is -0.465 e. The molecule has 2 aromatic heterocycles. The van der Waals surface area contributed by atoms with Crippen molar-refractivity contribution in [1.29, 1.82) is 0 Å². The number of aromatic nitrogens is 3. The van der Waals surface area contributed by atoms with Crippen LogP contribution in [-0.2, 0) is 4.79 Å². The van der Waals surface area contributed by atoms with Gasteiger partial charge in [0, 0.05) is 37.6 Å². The van der Waals surface area contributed by atoms with Crippen LogP contribution in [0.1, 0.15) is 18.5 Å². The molecule has 0 aromatic carbocycles. The predicted molar refractivity (Wildman–Crippen MR) is 104 cm³/mol. The molecule has 2 amide bonds. The number of nitrogens with two attached hydrogens (primary N) is 1. The number of carbonyl (C=O) groups excluding carboxylic acids is 1. The Hall–Kier alpha value is -3.23. The van der Waals surface area contributed by atoms with Gasteiger partial charge in [-0.3, -0.25) is 14.7 Å². The number of piperidine rings is 1. The lowest BCUT2D eigenvalue weighted by atomic mass is 9.96. The normalized spacial score (nSPS) is 14.7. The zero-order valence-corrected chi connectivity index (χ0v) is 15.8. The number of hydrogen-bond donors (Lipinski definition) is 2. The second-order valence-electron chi connectivity index (χ2n) is 6.97. The number of primary amides is 1. The van der Waals surface area contributed by atoms with Crippen LogP contribution in [0.2, 0.25) is 0 Å². The third kappa shape index (κ3) is 4.93. The lowest BCUT2D eigenvalue weighted by Crippen LogP contribution is -2.43. The van der Waals surface area contributed by atoms with Crippen molar-refractivity contribution < 1.29 is 14.7 Å². The third-order valence-corrected chi connectivity index (χ3v) is 4.77. The minimum absolute atomic E-state index is 0.185. The predicted octanol–water partition coefficient (Wildman–Crippen LogP) is 1.53. The number of aryl methyl sites for hydroxylation is 1. The van der Waals surface area contributed by atoms with E-state index in [1.54, 1.807) is 6.20 Å². The molecular weight excluding hydrogens is 360 g/mol. The molecule has 0 saturated carbocycles. The van der Waals surface area contributed by atoms with Gasteiger partial charge in [-0.25, -0.2) is 14.8 Å². The molecule has 9 heteroatoms. The molecule has 1 saturated heterocycles. The van der Waals surface area contributed by atoms with Gasteiger partial charge < -0.3 is 15.7 Å². The smallest absolute Gasteiger partial charge is 0.407 e. The fourth-order valence-electron chi connectivity index (χ4n) is 3.38. The zero-order chi connectivity index (χ0) is 20.1. The summed E-state index contributed by atoms with van der Waals surface area (Å²) < 4.78 is 0. The van der Waals surface area contributed by atoms with E-state index in [0.717, 1.165) is 48.0 Å². The van der Waals surface area contributed by atoms with E-state index in [1.165, 1.54) is 0 Å². The Labute approximate surface area is 163 Å². The second-order valence-corrected chi connectivity index (χ2v) is 6.97. The molecule has 1 aliphatic rings. The maximum Gasteiger partial charge on any atom is 0.407 e. The largest absolute Gasteiger partial charge is 0.465 e. The molecule has 1 aliphatic heterocycles. The van der Waals surface area contributed by atoms with Gasteiger partial charge in [-0.1, -0.05) is 6.07 Å². The van der Waals surface area contributed by atoms with E-state index in [2.05, 4.69) is 19.9 Å². The maximum atomic E-state index is 11.3. The molecule has 0 unspecified atom stereocenters. The van der Waals surface area contributed by atoms with E-state index in [9.17, 15) is 14.7 Å². The lowest BCUT2D eigenvalue weighted by molar-refractivity contribution is -0.119. The summed E-state index contributed by atoms with van der Waals surface area (Å²) in [5.74, 6) is 0.985. The molecule has 3 heterocycles. The molecule has 1 fully saturated rings. The van der Waals surface area contributed by atoms with Crippen molar-refractivity contribution in [3.05, 3.63) is 36.2 Å². The first-order valence-corrected chi connectivity index (χ1v) is 9.20. The number of carbonyl (C=O) groups is 2. The van der Waals surface area contributed by atoms with Crippen LogP contribution in [0.3, 0.4) is 0 Å². The molecule has 3 N–H and O–H groups in total. The number of amides is 2. The van der Waals surface area contributed by atoms with Crippen LogP contribution >= 0.6 is 0 Å². The van der Waals surface area contributed by atoms with Crippen LogP contribution in [0.4, 0.5) is 10.6 Å². The summed E-state index contributed by atoms with van der Waals surface area (Å²) in [5, 5.41) is 9.24. The van der Waals surface area contributed by atoms with Gasteiger partial charge in [-0.05, 0) is 37.8 Å². The van der Waals surface area contributed by atoms with E-state index in [0.29, 0.717) is 12.4 Å². The monoisotopic (exact) mass is 384 g/mol. The first-order valence-electron chi connectivity index (χ1n) is 9.20. The molecule has 0 atom stereocenters. The summed E-state index contributed by atoms with van der Waals surface area (Å²) in [6, 6.07) is 7.58. The average Bonchev–Trinajstić information content (AvgIpc) is 2.68. The highest BCUT2D eigenvalue weighted by atomic mass is 16.4. The molecular formula is C19H24N6O3. The summed E-state index contributed by atoms with van der Waals surface area (Å²) in [5.41, 5.74) is 6.73. The molecule has 2 aromatic rings. The maximum absolute atomic E-state index is 11.3. The Bertz CT molecular complexity index is 837. The van der Waals surface area contributed by atoms with Crippen molar-refractivity contribution in [2.24, 2.45) is 11.7 Å². The van der Waals surface area contributed by atoms with Crippen LogP contribution in [0, 0.1) is 12.8 Å². The number of hydrogen-bond acceptors (Lipinski definition) is 6. The highest BCUT2D eigenvalue weighted by molar-refractivity contribution is 5.80. The summed E-state index contributed by atoms with van der Waals surface area (Å²) in [7, 11) is 0. The van der Waals surface area contributed by atoms with Crippen molar-refractivity contribution >= 4 is 17.8 Å².